The summed E-state index contributed by atoms with van der Waals surface area (Å²) in [5.41, 5.74) is 0.502. The Balaban J connectivity index is 2.09. The predicted molar refractivity (Wildman–Crippen MR) is 75.7 cm³/mol. The topological polar surface area (TPSA) is 80.5 Å². The molecular formula is C14H7ClN2O4. The summed E-state index contributed by atoms with van der Waals surface area (Å²) in [7, 11) is 0. The van der Waals surface area contributed by atoms with Crippen molar-refractivity contribution in [3.8, 4) is 0 Å². The molecule has 1 heterocycles. The maximum Gasteiger partial charge on any atom is 0.271 e. The van der Waals surface area contributed by atoms with Crippen LogP contribution in [-0.2, 0) is 0 Å². The van der Waals surface area contributed by atoms with Gasteiger partial charge < -0.3 is 0 Å². The first-order chi connectivity index (χ1) is 10.0. The van der Waals surface area contributed by atoms with E-state index >= 15 is 0 Å². The van der Waals surface area contributed by atoms with Crippen LogP contribution in [0.1, 0.15) is 20.7 Å². The van der Waals surface area contributed by atoms with Crippen LogP contribution in [0.4, 0.5) is 11.4 Å². The van der Waals surface area contributed by atoms with Crippen LogP contribution in [0.3, 0.4) is 0 Å². The molecule has 2 aromatic carbocycles. The monoisotopic (exact) mass is 302 g/mol. The SMILES string of the molecule is O=C1c2ccccc2C(=O)N1c1ccc([N+](=O)[O-])cc1Cl. The summed E-state index contributed by atoms with van der Waals surface area (Å²) in [5, 5.41) is 10.7. The summed E-state index contributed by atoms with van der Waals surface area (Å²) < 4.78 is 0. The molecule has 0 N–H and O–H groups in total. The average molecular weight is 303 g/mol. The Morgan fingerprint density at radius 1 is 1.00 bits per heavy atom. The van der Waals surface area contributed by atoms with E-state index in [2.05, 4.69) is 0 Å². The summed E-state index contributed by atoms with van der Waals surface area (Å²) >= 11 is 5.98. The molecule has 1 aliphatic heterocycles. The molecule has 0 aromatic heterocycles. The predicted octanol–water partition coefficient (Wildman–Crippen LogP) is 3.05. The molecular weight excluding hydrogens is 296 g/mol. The van der Waals surface area contributed by atoms with Crippen LogP contribution in [0, 0.1) is 10.1 Å². The lowest BCUT2D eigenvalue weighted by atomic mass is 10.1. The second-order valence-corrected chi connectivity index (χ2v) is 4.79. The minimum Gasteiger partial charge on any atom is -0.268 e. The number of hydrogen-bond donors (Lipinski definition) is 0. The lowest BCUT2D eigenvalue weighted by molar-refractivity contribution is -0.384. The van der Waals surface area contributed by atoms with E-state index in [-0.39, 0.29) is 27.5 Å². The smallest absolute Gasteiger partial charge is 0.268 e. The normalized spacial score (nSPS) is 13.5. The van der Waals surface area contributed by atoms with Crippen molar-refractivity contribution in [3.63, 3.8) is 0 Å². The van der Waals surface area contributed by atoms with Crippen molar-refractivity contribution in [2.45, 2.75) is 0 Å². The summed E-state index contributed by atoms with van der Waals surface area (Å²) in [6.45, 7) is 0. The Labute approximate surface area is 123 Å². The molecule has 7 heteroatoms. The van der Waals surface area contributed by atoms with Crippen LogP contribution in [-0.4, -0.2) is 16.7 Å². The van der Waals surface area contributed by atoms with Crippen LogP contribution in [0.15, 0.2) is 42.5 Å². The van der Waals surface area contributed by atoms with E-state index in [9.17, 15) is 19.7 Å². The molecule has 0 spiro atoms. The summed E-state index contributed by atoms with van der Waals surface area (Å²) in [6, 6.07) is 10.0. The number of non-ortho nitro benzene ring substituents is 1. The van der Waals surface area contributed by atoms with Gasteiger partial charge in [0.2, 0.25) is 0 Å². The lowest BCUT2D eigenvalue weighted by Gasteiger charge is -2.15. The molecule has 0 fully saturated rings. The Hall–Kier alpha value is -2.73. The van der Waals surface area contributed by atoms with Crippen molar-refractivity contribution in [1.29, 1.82) is 0 Å². The van der Waals surface area contributed by atoms with E-state index in [4.69, 9.17) is 11.6 Å². The third-order valence-electron chi connectivity index (χ3n) is 3.18. The number of halogens is 1. The van der Waals surface area contributed by atoms with Crippen LogP contribution in [0.25, 0.3) is 0 Å². The van der Waals surface area contributed by atoms with Crippen molar-refractivity contribution in [2.24, 2.45) is 0 Å². The molecule has 2 amide bonds. The number of amides is 2. The van der Waals surface area contributed by atoms with Crippen molar-refractivity contribution in [1.82, 2.24) is 0 Å². The Kier molecular flexibility index (Phi) is 2.95. The number of imide groups is 1. The highest BCUT2D eigenvalue weighted by atomic mass is 35.5. The molecule has 0 atom stereocenters. The van der Waals surface area contributed by atoms with Gasteiger partial charge in [-0.1, -0.05) is 23.7 Å². The number of anilines is 1. The van der Waals surface area contributed by atoms with Gasteiger partial charge in [0.15, 0.2) is 0 Å². The molecule has 0 bridgehead atoms. The molecule has 0 unspecified atom stereocenters. The zero-order chi connectivity index (χ0) is 15.1. The van der Waals surface area contributed by atoms with E-state index in [0.29, 0.717) is 0 Å². The molecule has 0 aliphatic carbocycles. The molecule has 21 heavy (non-hydrogen) atoms. The van der Waals surface area contributed by atoms with Crippen LogP contribution in [0.5, 0.6) is 0 Å². The van der Waals surface area contributed by atoms with Crippen molar-refractivity contribution < 1.29 is 14.5 Å². The van der Waals surface area contributed by atoms with Gasteiger partial charge in [-0.25, -0.2) is 4.90 Å². The van der Waals surface area contributed by atoms with E-state index in [1.54, 1.807) is 24.3 Å². The lowest BCUT2D eigenvalue weighted by Crippen LogP contribution is -2.29. The molecule has 6 nitrogen and oxygen atoms in total. The highest BCUT2D eigenvalue weighted by Gasteiger charge is 2.37. The van der Waals surface area contributed by atoms with Crippen LogP contribution >= 0.6 is 11.6 Å². The zero-order valence-corrected chi connectivity index (χ0v) is 11.2. The summed E-state index contributed by atoms with van der Waals surface area (Å²) in [6.07, 6.45) is 0. The Bertz CT molecular complexity index is 768. The van der Waals surface area contributed by atoms with E-state index in [1.807, 2.05) is 0 Å². The van der Waals surface area contributed by atoms with Gasteiger partial charge >= 0.3 is 0 Å². The first-order valence-electron chi connectivity index (χ1n) is 5.92. The fourth-order valence-electron chi connectivity index (χ4n) is 2.20. The molecule has 0 radical (unpaired) electrons. The van der Waals surface area contributed by atoms with Gasteiger partial charge in [0.05, 0.1) is 26.8 Å². The van der Waals surface area contributed by atoms with Crippen LogP contribution in [0.2, 0.25) is 5.02 Å². The van der Waals surface area contributed by atoms with E-state index in [1.165, 1.54) is 12.1 Å². The number of fused-ring (bicyclic) bond motifs is 1. The number of nitro groups is 1. The minimum atomic E-state index is -0.599. The second kappa shape index (κ2) is 4.68. The van der Waals surface area contributed by atoms with Gasteiger partial charge in [0.25, 0.3) is 17.5 Å². The minimum absolute atomic E-state index is 0.0290. The van der Waals surface area contributed by atoms with Gasteiger partial charge in [-0.05, 0) is 18.2 Å². The standard InChI is InChI=1S/C14H7ClN2O4/c15-11-7-8(17(20)21)5-6-12(11)16-13(18)9-3-1-2-4-10(9)14(16)19/h1-7H. The summed E-state index contributed by atoms with van der Waals surface area (Å²) in [5.74, 6) is -0.988. The third kappa shape index (κ3) is 1.96. The van der Waals surface area contributed by atoms with E-state index < -0.39 is 16.7 Å². The first-order valence-corrected chi connectivity index (χ1v) is 6.30. The molecule has 2 aromatic rings. The number of carbonyl (C=O) groups is 2. The molecule has 3 rings (SSSR count). The zero-order valence-electron chi connectivity index (χ0n) is 10.4. The van der Waals surface area contributed by atoms with Crippen molar-refractivity contribution in [2.75, 3.05) is 4.90 Å². The molecule has 1 aliphatic rings. The number of rotatable bonds is 2. The van der Waals surface area contributed by atoms with E-state index in [0.717, 1.165) is 11.0 Å². The molecule has 104 valence electrons. The molecule has 0 saturated heterocycles. The number of hydrogen-bond acceptors (Lipinski definition) is 4. The highest BCUT2D eigenvalue weighted by Crippen LogP contribution is 2.35. The summed E-state index contributed by atoms with van der Waals surface area (Å²) in [4.78, 5) is 35.6. The van der Waals surface area contributed by atoms with Crippen LogP contribution < -0.4 is 4.90 Å². The largest absolute Gasteiger partial charge is 0.271 e. The third-order valence-corrected chi connectivity index (χ3v) is 3.48. The van der Waals surface area contributed by atoms with Gasteiger partial charge in [-0.2, -0.15) is 0 Å². The average Bonchev–Trinajstić information content (AvgIpc) is 2.72. The number of nitrogens with zero attached hydrogens (tertiary/aromatic N) is 2. The number of benzene rings is 2. The quantitative estimate of drug-likeness (QED) is 0.485. The highest BCUT2D eigenvalue weighted by molar-refractivity contribution is 6.39. The fourth-order valence-corrected chi connectivity index (χ4v) is 2.46. The van der Waals surface area contributed by atoms with Gasteiger partial charge in [0.1, 0.15) is 0 Å². The van der Waals surface area contributed by atoms with Crippen molar-refractivity contribution >= 4 is 34.8 Å². The van der Waals surface area contributed by atoms with Gasteiger partial charge in [-0.3, -0.25) is 19.7 Å². The molecule has 0 saturated carbocycles. The van der Waals surface area contributed by atoms with Crippen molar-refractivity contribution in [3.05, 3.63) is 68.7 Å². The fraction of sp³-hybridized carbons (Fsp3) is 0. The Morgan fingerprint density at radius 3 is 2.05 bits per heavy atom. The number of nitro benzene ring substituents is 1. The maximum absolute atomic E-state index is 12.3. The second-order valence-electron chi connectivity index (χ2n) is 4.38. The van der Waals surface area contributed by atoms with Gasteiger partial charge in [-0.15, -0.1) is 0 Å². The number of carbonyl (C=O) groups excluding carboxylic acids is 2. The Morgan fingerprint density at radius 2 is 1.57 bits per heavy atom. The van der Waals surface area contributed by atoms with Gasteiger partial charge in [0, 0.05) is 12.1 Å². The first kappa shape index (κ1) is 13.3. The maximum atomic E-state index is 12.3.